The molecule has 1 aromatic heterocycles. The molecule has 2 aromatic carbocycles. The van der Waals surface area contributed by atoms with E-state index in [0.717, 1.165) is 6.07 Å². The van der Waals surface area contributed by atoms with Gasteiger partial charge >= 0.3 is 5.97 Å². The highest BCUT2D eigenvalue weighted by atomic mass is 35.5. The first-order chi connectivity index (χ1) is 15.2. The summed E-state index contributed by atoms with van der Waals surface area (Å²) in [6, 6.07) is 7.18. The molecule has 15 heteroatoms. The summed E-state index contributed by atoms with van der Waals surface area (Å²) in [7, 11) is 0. The summed E-state index contributed by atoms with van der Waals surface area (Å²) in [6.07, 6.45) is 1.49. The molecule has 4 rings (SSSR count). The highest BCUT2D eigenvalue weighted by Gasteiger charge is 2.17. The highest BCUT2D eigenvalue weighted by Crippen LogP contribution is 2.25. The van der Waals surface area contributed by atoms with Crippen molar-refractivity contribution in [3.63, 3.8) is 0 Å². The maximum absolute atomic E-state index is 13.1. The van der Waals surface area contributed by atoms with Crippen LogP contribution >= 0.6 is 36.4 Å². The Balaban J connectivity index is 0.000000355. The van der Waals surface area contributed by atoms with Crippen molar-refractivity contribution in [1.29, 1.82) is 0 Å². The van der Waals surface area contributed by atoms with Crippen molar-refractivity contribution in [2.24, 2.45) is 10.8 Å². The van der Waals surface area contributed by atoms with Crippen LogP contribution < -0.4 is 11.2 Å². The van der Waals surface area contributed by atoms with Crippen LogP contribution in [0.25, 0.3) is 0 Å². The number of aromatic carboxylic acids is 1. The van der Waals surface area contributed by atoms with Crippen molar-refractivity contribution in [3.05, 3.63) is 75.7 Å². The maximum atomic E-state index is 13.1. The topological polar surface area (TPSA) is 137 Å². The number of benzene rings is 2. The van der Waals surface area contributed by atoms with Crippen molar-refractivity contribution < 1.29 is 27.9 Å². The number of aliphatic imine (C=N–C) groups is 1. The second-order valence-corrected chi connectivity index (χ2v) is 6.73. The van der Waals surface area contributed by atoms with Crippen LogP contribution in [0.4, 0.5) is 24.7 Å². The van der Waals surface area contributed by atoms with Gasteiger partial charge in [-0.1, -0.05) is 17.7 Å². The molecule has 1 amide bonds. The Labute approximate surface area is 207 Å². The van der Waals surface area contributed by atoms with Crippen molar-refractivity contribution in [3.8, 4) is 0 Å². The van der Waals surface area contributed by atoms with E-state index in [4.69, 9.17) is 22.6 Å². The summed E-state index contributed by atoms with van der Waals surface area (Å²) >= 11 is 5.63. The third-order valence-electron chi connectivity index (χ3n) is 4.08. The zero-order chi connectivity index (χ0) is 23.4. The molecule has 1 aliphatic rings. The molecule has 9 nitrogen and oxygen atoms in total. The van der Waals surface area contributed by atoms with Gasteiger partial charge in [-0.15, -0.1) is 24.8 Å². The summed E-state index contributed by atoms with van der Waals surface area (Å²) in [5.41, 5.74) is 0.682. The van der Waals surface area contributed by atoms with Gasteiger partial charge < -0.3 is 10.4 Å². The molecule has 0 bridgehead atoms. The normalized spacial score (nSPS) is 11.3. The molecule has 1 aliphatic heterocycles. The lowest BCUT2D eigenvalue weighted by Gasteiger charge is -2.19. The Morgan fingerprint density at radius 2 is 1.79 bits per heavy atom. The number of hydrogen-bond donors (Lipinski definition) is 4. The van der Waals surface area contributed by atoms with E-state index in [1.54, 1.807) is 12.1 Å². The maximum Gasteiger partial charge on any atom is 0.353 e. The lowest BCUT2D eigenvalue weighted by Crippen LogP contribution is -2.31. The summed E-state index contributed by atoms with van der Waals surface area (Å²) in [4.78, 5) is 26.4. The van der Waals surface area contributed by atoms with E-state index in [1.165, 1.54) is 17.4 Å². The number of aromatic amines is 1. The smallest absolute Gasteiger partial charge is 0.353 e. The van der Waals surface area contributed by atoms with Gasteiger partial charge in [0.05, 0.1) is 22.8 Å². The largest absolute Gasteiger partial charge is 0.477 e. The molecule has 3 aromatic rings. The monoisotopic (exact) mass is 538 g/mol. The number of amides is 1. The van der Waals surface area contributed by atoms with E-state index in [1.807, 2.05) is 0 Å². The van der Waals surface area contributed by atoms with E-state index in [9.17, 15) is 22.8 Å². The lowest BCUT2D eigenvalue weighted by molar-refractivity contribution is 0.0690. The Kier molecular flexibility index (Phi) is 10.3. The fourth-order valence-electron chi connectivity index (χ4n) is 2.56. The second kappa shape index (κ2) is 12.2. The number of anilines is 1. The summed E-state index contributed by atoms with van der Waals surface area (Å²) < 4.78 is 39.0. The van der Waals surface area contributed by atoms with E-state index in [2.05, 4.69) is 20.5 Å². The van der Waals surface area contributed by atoms with E-state index >= 15 is 0 Å². The fourth-order valence-corrected chi connectivity index (χ4v) is 2.80. The first-order valence-corrected chi connectivity index (χ1v) is 9.11. The van der Waals surface area contributed by atoms with Gasteiger partial charge in [0.15, 0.2) is 17.5 Å². The van der Waals surface area contributed by atoms with E-state index in [-0.39, 0.29) is 52.7 Å². The number of rotatable bonds is 3. The Morgan fingerprint density at radius 3 is 2.44 bits per heavy atom. The van der Waals surface area contributed by atoms with Crippen LogP contribution in [-0.2, 0) is 6.54 Å². The number of halogens is 6. The highest BCUT2D eigenvalue weighted by molar-refractivity contribution is 6.34. The minimum Gasteiger partial charge on any atom is -0.477 e. The fraction of sp³-hybridized carbons (Fsp3) is 0.0526. The number of carboxylic acid groups (broad SMARTS) is 1. The third-order valence-corrected chi connectivity index (χ3v) is 4.40. The lowest BCUT2D eigenvalue weighted by atomic mass is 10.1. The van der Waals surface area contributed by atoms with Crippen LogP contribution in [0.3, 0.4) is 0 Å². The van der Waals surface area contributed by atoms with E-state index < -0.39 is 23.5 Å². The molecule has 0 radical (unpaired) electrons. The SMILES string of the molecule is Cl.Cl.NN1C=Nc2cccc(F)c2C1.O=C(O)c1cc(NC(=O)c2cc(F)c(F)cc2Cl)n[nH]1. The Hall–Kier alpha value is -3.32. The minimum atomic E-state index is -1.26. The van der Waals surface area contributed by atoms with Crippen molar-refractivity contribution in [1.82, 2.24) is 15.2 Å². The number of carbonyl (C=O) groups excluding carboxylic acids is 1. The number of hydrazine groups is 1. The number of carbonyl (C=O) groups is 2. The van der Waals surface area contributed by atoms with Gasteiger partial charge in [0, 0.05) is 11.6 Å². The molecule has 2 heterocycles. The van der Waals surface area contributed by atoms with Crippen LogP contribution in [0.1, 0.15) is 26.4 Å². The molecule has 0 saturated carbocycles. The molecule has 0 spiro atoms. The number of H-pyrrole nitrogens is 1. The average Bonchev–Trinajstić information content (AvgIpc) is 3.21. The summed E-state index contributed by atoms with van der Waals surface area (Å²) in [5, 5.41) is 17.6. The van der Waals surface area contributed by atoms with Crippen LogP contribution in [0, 0.1) is 17.5 Å². The number of nitrogens with zero attached hydrogens (tertiary/aromatic N) is 3. The van der Waals surface area contributed by atoms with Gasteiger partial charge in [0.2, 0.25) is 0 Å². The minimum absolute atomic E-state index is 0. The molecular weight excluding hydrogens is 524 g/mol. The number of nitrogens with two attached hydrogens (primary N) is 1. The summed E-state index contributed by atoms with van der Waals surface area (Å²) in [6.45, 7) is 0.380. The molecule has 5 N–H and O–H groups in total. The Morgan fingerprint density at radius 1 is 1.12 bits per heavy atom. The van der Waals surface area contributed by atoms with E-state index in [0.29, 0.717) is 29.9 Å². The predicted octanol–water partition coefficient (Wildman–Crippen LogP) is 4.31. The van der Waals surface area contributed by atoms with Crippen LogP contribution in [0.15, 0.2) is 41.4 Å². The number of carboxylic acids is 1. The number of aromatic nitrogens is 2. The zero-order valence-electron chi connectivity index (χ0n) is 16.8. The van der Waals surface area contributed by atoms with Crippen LogP contribution in [0.5, 0.6) is 0 Å². The predicted molar refractivity (Wildman–Crippen MR) is 124 cm³/mol. The van der Waals surface area contributed by atoms with Gasteiger partial charge in [0.25, 0.3) is 5.91 Å². The zero-order valence-corrected chi connectivity index (χ0v) is 19.1. The molecule has 182 valence electrons. The van der Waals surface area contributed by atoms with Crippen LogP contribution in [-0.4, -0.2) is 38.5 Å². The number of hydrogen-bond acceptors (Lipinski definition) is 6. The van der Waals surface area contributed by atoms with Crippen LogP contribution in [0.2, 0.25) is 5.02 Å². The standard InChI is InChI=1S/C11H6ClF2N3O3.C8H8FN3.2ClH/c12-5-2-7(14)6(13)1-4(5)10(18)15-9-3-8(11(19)20)16-17-9;9-7-2-1-3-8-6(7)4-12(10)5-11-8;;/h1-3H,(H,19,20)(H2,15,16,17,18);1-3,5H,4,10H2;2*1H. The van der Waals surface area contributed by atoms with Crippen molar-refractivity contribution in [2.45, 2.75) is 6.54 Å². The van der Waals surface area contributed by atoms with Gasteiger partial charge in [0.1, 0.15) is 17.8 Å². The second-order valence-electron chi connectivity index (χ2n) is 6.33. The van der Waals surface area contributed by atoms with Crippen molar-refractivity contribution >= 4 is 66.1 Å². The van der Waals surface area contributed by atoms with Crippen molar-refractivity contribution in [2.75, 3.05) is 5.32 Å². The molecular formula is C19H16Cl3F3N6O3. The van der Waals surface area contributed by atoms with Gasteiger partial charge in [-0.25, -0.2) is 28.8 Å². The van der Waals surface area contributed by atoms with Gasteiger partial charge in [-0.2, -0.15) is 5.10 Å². The number of fused-ring (bicyclic) bond motifs is 1. The molecule has 0 fully saturated rings. The Bertz CT molecular complexity index is 1230. The molecule has 0 unspecified atom stereocenters. The van der Waals surface area contributed by atoms with Gasteiger partial charge in [-0.3, -0.25) is 14.9 Å². The first-order valence-electron chi connectivity index (χ1n) is 8.73. The molecule has 0 saturated heterocycles. The third kappa shape index (κ3) is 6.84. The first kappa shape index (κ1) is 28.7. The molecule has 0 atom stereocenters. The number of nitrogens with one attached hydrogen (secondary N) is 2. The summed E-state index contributed by atoms with van der Waals surface area (Å²) in [5.74, 6) is 0.576. The average molecular weight is 540 g/mol. The molecule has 34 heavy (non-hydrogen) atoms. The molecule has 0 aliphatic carbocycles. The van der Waals surface area contributed by atoms with Gasteiger partial charge in [-0.05, 0) is 24.3 Å². The quantitative estimate of drug-likeness (QED) is 0.289.